The van der Waals surface area contributed by atoms with E-state index in [9.17, 15) is 22.4 Å². The first-order chi connectivity index (χ1) is 8.25. The normalized spacial score (nSPS) is 13.2. The smallest absolute Gasteiger partial charge is 0.417 e. The topological polar surface area (TPSA) is 26.3 Å². The average Bonchev–Trinajstić information content (AvgIpc) is 2.29. The molecule has 1 aromatic carbocycles. The van der Waals surface area contributed by atoms with Crippen LogP contribution in [0.4, 0.5) is 17.6 Å². The fraction of sp³-hybridized carbons (Fsp3) is 0.417. The van der Waals surface area contributed by atoms with Gasteiger partial charge in [0.2, 0.25) is 0 Å². The second-order valence-corrected chi connectivity index (χ2v) is 3.89. The molecule has 0 N–H and O–H groups in total. The van der Waals surface area contributed by atoms with Gasteiger partial charge in [-0.05, 0) is 30.0 Å². The molecule has 0 spiro atoms. The van der Waals surface area contributed by atoms with E-state index in [0.717, 1.165) is 18.6 Å². The highest BCUT2D eigenvalue weighted by atomic mass is 19.4. The van der Waals surface area contributed by atoms with Crippen LogP contribution in [0.25, 0.3) is 0 Å². The third-order valence-corrected chi connectivity index (χ3v) is 2.57. The minimum Gasteiger partial charge on any atom is -0.417 e. The number of carbonyl (C=O) groups is 1. The molecule has 1 unspecified atom stereocenters. The molecule has 6 heteroatoms. The van der Waals surface area contributed by atoms with Crippen LogP contribution in [0.3, 0.4) is 0 Å². The Morgan fingerprint density at radius 3 is 2.44 bits per heavy atom. The molecule has 0 aliphatic heterocycles. The highest BCUT2D eigenvalue weighted by Crippen LogP contribution is 2.26. The van der Waals surface area contributed by atoms with Crippen molar-refractivity contribution in [1.82, 2.24) is 0 Å². The van der Waals surface area contributed by atoms with Gasteiger partial charge in [-0.3, -0.25) is 0 Å². The third kappa shape index (κ3) is 3.45. The molecular weight excluding hydrogens is 252 g/mol. The first kappa shape index (κ1) is 14.5. The fourth-order valence-electron chi connectivity index (χ4n) is 1.30. The van der Waals surface area contributed by atoms with Crippen LogP contribution in [0, 0.1) is 5.82 Å². The first-order valence-corrected chi connectivity index (χ1v) is 5.34. The van der Waals surface area contributed by atoms with Crippen LogP contribution in [-0.2, 0) is 4.79 Å². The lowest BCUT2D eigenvalue weighted by molar-refractivity contribution is -0.189. The van der Waals surface area contributed by atoms with Gasteiger partial charge in [0.1, 0.15) is 0 Å². The molecule has 0 radical (unpaired) electrons. The molecule has 18 heavy (non-hydrogen) atoms. The van der Waals surface area contributed by atoms with Crippen LogP contribution in [0.2, 0.25) is 0 Å². The molecule has 100 valence electrons. The summed E-state index contributed by atoms with van der Waals surface area (Å²) in [5.41, 5.74) is 0.641. The molecule has 0 amide bonds. The monoisotopic (exact) mass is 264 g/mol. The zero-order chi connectivity index (χ0) is 13.9. The SMILES string of the molecule is CCC(C)c1ccc(OC(=O)C(F)(F)F)c(F)c1. The molecule has 0 aliphatic rings. The van der Waals surface area contributed by atoms with E-state index in [-0.39, 0.29) is 5.92 Å². The van der Waals surface area contributed by atoms with Gasteiger partial charge >= 0.3 is 12.1 Å². The number of carbonyl (C=O) groups excluding carboxylic acids is 1. The van der Waals surface area contributed by atoms with Gasteiger partial charge in [0.05, 0.1) is 0 Å². The summed E-state index contributed by atoms with van der Waals surface area (Å²) < 4.78 is 53.2. The molecule has 0 aromatic heterocycles. The van der Waals surface area contributed by atoms with Crippen LogP contribution >= 0.6 is 0 Å². The maximum Gasteiger partial charge on any atom is 0.491 e. The lowest BCUT2D eigenvalue weighted by Crippen LogP contribution is -2.28. The molecule has 0 bridgehead atoms. The van der Waals surface area contributed by atoms with Crippen LogP contribution < -0.4 is 4.74 Å². The van der Waals surface area contributed by atoms with E-state index >= 15 is 0 Å². The third-order valence-electron chi connectivity index (χ3n) is 2.57. The summed E-state index contributed by atoms with van der Waals surface area (Å²) in [6.45, 7) is 3.76. The molecular formula is C12H12F4O2. The number of ether oxygens (including phenoxy) is 1. The predicted molar refractivity (Wildman–Crippen MR) is 56.8 cm³/mol. The molecule has 0 fully saturated rings. The lowest BCUT2D eigenvalue weighted by Gasteiger charge is -2.11. The van der Waals surface area contributed by atoms with E-state index in [0.29, 0.717) is 5.56 Å². The summed E-state index contributed by atoms with van der Waals surface area (Å²) >= 11 is 0. The number of hydrogen-bond acceptors (Lipinski definition) is 2. The first-order valence-electron chi connectivity index (χ1n) is 5.34. The summed E-state index contributed by atoms with van der Waals surface area (Å²) in [5.74, 6) is -4.06. The van der Waals surface area contributed by atoms with E-state index in [1.807, 2.05) is 13.8 Å². The zero-order valence-electron chi connectivity index (χ0n) is 9.84. The highest BCUT2D eigenvalue weighted by Gasteiger charge is 2.41. The standard InChI is InChI=1S/C12H12F4O2/c1-3-7(2)8-4-5-10(9(13)6-8)18-11(17)12(14,15)16/h4-7H,3H2,1-2H3. The summed E-state index contributed by atoms with van der Waals surface area (Å²) in [7, 11) is 0. The van der Waals surface area contributed by atoms with Crippen molar-refractivity contribution in [3.8, 4) is 5.75 Å². The minimum absolute atomic E-state index is 0.0758. The van der Waals surface area contributed by atoms with Crippen molar-refractivity contribution >= 4 is 5.97 Å². The van der Waals surface area contributed by atoms with Gasteiger partial charge in [-0.1, -0.05) is 19.9 Å². The molecule has 0 aliphatic carbocycles. The highest BCUT2D eigenvalue weighted by molar-refractivity contribution is 5.78. The lowest BCUT2D eigenvalue weighted by atomic mass is 9.98. The number of halogens is 4. The quantitative estimate of drug-likeness (QED) is 0.471. The number of benzene rings is 1. The Morgan fingerprint density at radius 2 is 2.00 bits per heavy atom. The van der Waals surface area contributed by atoms with Crippen LogP contribution in [0.1, 0.15) is 31.7 Å². The Bertz CT molecular complexity index is 440. The summed E-state index contributed by atoms with van der Waals surface area (Å²) in [5, 5.41) is 0. The van der Waals surface area contributed by atoms with Crippen LogP contribution in [0.15, 0.2) is 18.2 Å². The van der Waals surface area contributed by atoms with E-state index in [1.54, 1.807) is 0 Å². The summed E-state index contributed by atoms with van der Waals surface area (Å²) in [4.78, 5) is 10.5. The Morgan fingerprint density at radius 1 is 1.39 bits per heavy atom. The van der Waals surface area contributed by atoms with Crippen molar-refractivity contribution in [2.75, 3.05) is 0 Å². The fourth-order valence-corrected chi connectivity index (χ4v) is 1.30. The van der Waals surface area contributed by atoms with Crippen molar-refractivity contribution in [3.05, 3.63) is 29.6 Å². The predicted octanol–water partition coefficient (Wildman–Crippen LogP) is 3.81. The molecule has 1 aromatic rings. The number of alkyl halides is 3. The van der Waals surface area contributed by atoms with Gasteiger partial charge in [0.25, 0.3) is 0 Å². The van der Waals surface area contributed by atoms with Gasteiger partial charge in [-0.2, -0.15) is 13.2 Å². The van der Waals surface area contributed by atoms with Crippen LogP contribution in [0.5, 0.6) is 5.75 Å². The van der Waals surface area contributed by atoms with E-state index in [1.165, 1.54) is 6.07 Å². The van der Waals surface area contributed by atoms with Crippen molar-refractivity contribution in [2.24, 2.45) is 0 Å². The Hall–Kier alpha value is -1.59. The van der Waals surface area contributed by atoms with E-state index in [4.69, 9.17) is 0 Å². The van der Waals surface area contributed by atoms with Crippen molar-refractivity contribution in [3.63, 3.8) is 0 Å². The molecule has 1 rings (SSSR count). The van der Waals surface area contributed by atoms with Gasteiger partial charge in [-0.25, -0.2) is 9.18 Å². The Labute approximate surface area is 102 Å². The molecule has 2 nitrogen and oxygen atoms in total. The van der Waals surface area contributed by atoms with E-state index < -0.39 is 23.7 Å². The van der Waals surface area contributed by atoms with Gasteiger partial charge in [0.15, 0.2) is 11.6 Å². The maximum absolute atomic E-state index is 13.5. The van der Waals surface area contributed by atoms with Gasteiger partial charge < -0.3 is 4.74 Å². The number of rotatable bonds is 3. The number of hydrogen-bond donors (Lipinski definition) is 0. The second-order valence-electron chi connectivity index (χ2n) is 3.89. The zero-order valence-corrected chi connectivity index (χ0v) is 9.84. The molecule has 0 heterocycles. The molecule has 1 atom stereocenters. The number of esters is 1. The van der Waals surface area contributed by atoms with Gasteiger partial charge in [0, 0.05) is 0 Å². The second kappa shape index (κ2) is 5.37. The van der Waals surface area contributed by atoms with Crippen LogP contribution in [-0.4, -0.2) is 12.1 Å². The van der Waals surface area contributed by atoms with Crippen molar-refractivity contribution in [1.29, 1.82) is 0 Å². The van der Waals surface area contributed by atoms with Gasteiger partial charge in [-0.15, -0.1) is 0 Å². The average molecular weight is 264 g/mol. The van der Waals surface area contributed by atoms with Crippen molar-refractivity contribution < 1.29 is 27.1 Å². The summed E-state index contributed by atoms with van der Waals surface area (Å²) in [6.07, 6.45) is -4.37. The summed E-state index contributed by atoms with van der Waals surface area (Å²) in [6, 6.07) is 3.55. The molecule has 0 saturated carbocycles. The largest absolute Gasteiger partial charge is 0.491 e. The van der Waals surface area contributed by atoms with E-state index in [2.05, 4.69) is 4.74 Å². The molecule has 0 saturated heterocycles. The Kier molecular flexibility index (Phi) is 4.32. The minimum atomic E-state index is -5.14. The Balaban J connectivity index is 2.90. The maximum atomic E-state index is 13.5. The van der Waals surface area contributed by atoms with Crippen molar-refractivity contribution in [2.45, 2.75) is 32.4 Å².